The molecule has 3 rings (SSSR count). The van der Waals surface area contributed by atoms with E-state index < -0.39 is 0 Å². The van der Waals surface area contributed by atoms with Gasteiger partial charge in [-0.1, -0.05) is 32.1 Å². The number of H-pyrrole nitrogens is 1. The average molecular weight is 372 g/mol. The summed E-state index contributed by atoms with van der Waals surface area (Å²) in [5, 5.41) is 6.43. The Morgan fingerprint density at radius 3 is 2.78 bits per heavy atom. The smallest absolute Gasteiger partial charge is 0.251 e. The van der Waals surface area contributed by atoms with Gasteiger partial charge in [0.05, 0.1) is 11.0 Å². The van der Waals surface area contributed by atoms with Crippen LogP contribution in [0.2, 0.25) is 0 Å². The summed E-state index contributed by atoms with van der Waals surface area (Å²) in [6, 6.07) is 5.66. The van der Waals surface area contributed by atoms with E-state index in [9.17, 15) is 4.79 Å². The molecule has 1 aliphatic rings. The van der Waals surface area contributed by atoms with Crippen molar-refractivity contribution in [3.05, 3.63) is 23.8 Å². The lowest BCUT2D eigenvalue weighted by atomic mass is 9.89. The SMILES string of the molecule is NCCCCCCNc1nc2ccc(C(=O)NCC3CCCCC3)cc2[nH]1. The average Bonchev–Trinajstić information content (AvgIpc) is 3.11. The fourth-order valence-corrected chi connectivity index (χ4v) is 3.79. The van der Waals surface area contributed by atoms with E-state index in [-0.39, 0.29) is 5.91 Å². The number of unbranched alkanes of at least 4 members (excludes halogenated alkanes) is 3. The minimum absolute atomic E-state index is 0.00601. The van der Waals surface area contributed by atoms with Crippen molar-refractivity contribution in [2.75, 3.05) is 25.0 Å². The molecule has 2 aromatic rings. The molecule has 0 aliphatic heterocycles. The van der Waals surface area contributed by atoms with E-state index in [2.05, 4.69) is 20.6 Å². The summed E-state index contributed by atoms with van der Waals surface area (Å²) < 4.78 is 0. The second kappa shape index (κ2) is 10.3. The van der Waals surface area contributed by atoms with Gasteiger partial charge in [-0.2, -0.15) is 0 Å². The highest BCUT2D eigenvalue weighted by Gasteiger charge is 2.15. The van der Waals surface area contributed by atoms with Crippen LogP contribution >= 0.6 is 0 Å². The number of fused-ring (bicyclic) bond motifs is 1. The van der Waals surface area contributed by atoms with Crippen LogP contribution in [0.1, 0.15) is 68.1 Å². The van der Waals surface area contributed by atoms with Crippen molar-refractivity contribution in [3.8, 4) is 0 Å². The Kier molecular flexibility index (Phi) is 7.51. The molecular weight excluding hydrogens is 338 g/mol. The van der Waals surface area contributed by atoms with E-state index in [0.717, 1.165) is 49.5 Å². The predicted octanol–water partition coefficient (Wildman–Crippen LogP) is 3.80. The number of aromatic amines is 1. The topological polar surface area (TPSA) is 95.8 Å². The molecule has 1 aromatic carbocycles. The second-order valence-electron chi connectivity index (χ2n) is 7.66. The third-order valence-corrected chi connectivity index (χ3v) is 5.44. The van der Waals surface area contributed by atoms with Crippen molar-refractivity contribution in [1.82, 2.24) is 15.3 Å². The van der Waals surface area contributed by atoms with Gasteiger partial charge >= 0.3 is 0 Å². The molecule has 0 saturated heterocycles. The summed E-state index contributed by atoms with van der Waals surface area (Å²) >= 11 is 0. The van der Waals surface area contributed by atoms with Crippen molar-refractivity contribution < 1.29 is 4.79 Å². The molecule has 5 N–H and O–H groups in total. The monoisotopic (exact) mass is 371 g/mol. The second-order valence-corrected chi connectivity index (χ2v) is 7.66. The first-order valence-electron chi connectivity index (χ1n) is 10.5. The number of hydrogen-bond donors (Lipinski definition) is 4. The number of nitrogens with zero attached hydrogens (tertiary/aromatic N) is 1. The molecule has 1 amide bonds. The molecule has 1 saturated carbocycles. The fraction of sp³-hybridized carbons (Fsp3) is 0.619. The molecule has 0 atom stereocenters. The Bertz CT molecular complexity index is 720. The number of imidazole rings is 1. The summed E-state index contributed by atoms with van der Waals surface area (Å²) in [7, 11) is 0. The lowest BCUT2D eigenvalue weighted by Crippen LogP contribution is -2.30. The summed E-state index contributed by atoms with van der Waals surface area (Å²) in [5.41, 5.74) is 7.97. The maximum Gasteiger partial charge on any atom is 0.251 e. The van der Waals surface area contributed by atoms with Crippen LogP contribution in [-0.2, 0) is 0 Å². The Hall–Kier alpha value is -2.08. The maximum absolute atomic E-state index is 12.5. The number of anilines is 1. The van der Waals surface area contributed by atoms with E-state index in [0.29, 0.717) is 11.5 Å². The molecule has 6 nitrogen and oxygen atoms in total. The summed E-state index contributed by atoms with van der Waals surface area (Å²) in [6.07, 6.45) is 11.0. The van der Waals surface area contributed by atoms with E-state index in [1.54, 1.807) is 0 Å². The number of nitrogens with two attached hydrogens (primary N) is 1. The number of carbonyl (C=O) groups is 1. The molecule has 1 aliphatic carbocycles. The Balaban J connectivity index is 1.49. The summed E-state index contributed by atoms with van der Waals surface area (Å²) in [5.74, 6) is 1.41. The maximum atomic E-state index is 12.5. The Morgan fingerprint density at radius 2 is 1.96 bits per heavy atom. The Morgan fingerprint density at radius 1 is 1.15 bits per heavy atom. The van der Waals surface area contributed by atoms with E-state index in [1.165, 1.54) is 44.9 Å². The van der Waals surface area contributed by atoms with Gasteiger partial charge in [-0.15, -0.1) is 0 Å². The number of nitrogens with one attached hydrogen (secondary N) is 3. The van der Waals surface area contributed by atoms with E-state index in [1.807, 2.05) is 18.2 Å². The first kappa shape index (κ1) is 19.7. The minimum atomic E-state index is 0.00601. The van der Waals surface area contributed by atoms with Crippen LogP contribution in [0.5, 0.6) is 0 Å². The number of hydrogen-bond acceptors (Lipinski definition) is 4. The number of rotatable bonds is 10. The standard InChI is InChI=1S/C21H33N5O/c22-12-6-1-2-7-13-23-21-25-18-11-10-17(14-19(18)26-21)20(27)24-15-16-8-4-3-5-9-16/h10-11,14,16H,1-9,12-13,15,22H2,(H,24,27)(H2,23,25,26). The number of amides is 1. The van der Waals surface area contributed by atoms with Crippen LogP contribution in [0.15, 0.2) is 18.2 Å². The zero-order valence-corrected chi connectivity index (χ0v) is 16.2. The van der Waals surface area contributed by atoms with Gasteiger partial charge in [0, 0.05) is 18.7 Å². The predicted molar refractivity (Wildman–Crippen MR) is 111 cm³/mol. The van der Waals surface area contributed by atoms with Crippen molar-refractivity contribution >= 4 is 22.9 Å². The fourth-order valence-electron chi connectivity index (χ4n) is 3.79. The van der Waals surface area contributed by atoms with Gasteiger partial charge in [-0.05, 0) is 56.3 Å². The highest BCUT2D eigenvalue weighted by molar-refractivity contribution is 5.97. The third kappa shape index (κ3) is 5.96. The van der Waals surface area contributed by atoms with E-state index >= 15 is 0 Å². The van der Waals surface area contributed by atoms with Crippen LogP contribution in [0.3, 0.4) is 0 Å². The van der Waals surface area contributed by atoms with Crippen LogP contribution in [0.25, 0.3) is 11.0 Å². The van der Waals surface area contributed by atoms with Crippen molar-refractivity contribution in [1.29, 1.82) is 0 Å². The molecule has 6 heteroatoms. The van der Waals surface area contributed by atoms with Crippen molar-refractivity contribution in [2.24, 2.45) is 11.7 Å². The number of carbonyl (C=O) groups excluding carboxylic acids is 1. The lowest BCUT2D eigenvalue weighted by Gasteiger charge is -2.21. The molecule has 1 heterocycles. The van der Waals surface area contributed by atoms with Gasteiger partial charge in [0.2, 0.25) is 5.95 Å². The largest absolute Gasteiger partial charge is 0.356 e. The number of benzene rings is 1. The van der Waals surface area contributed by atoms with E-state index in [4.69, 9.17) is 5.73 Å². The molecule has 0 spiro atoms. The molecule has 148 valence electrons. The highest BCUT2D eigenvalue weighted by Crippen LogP contribution is 2.23. The lowest BCUT2D eigenvalue weighted by molar-refractivity contribution is 0.0943. The van der Waals surface area contributed by atoms with Gasteiger partial charge in [0.1, 0.15) is 0 Å². The number of aromatic nitrogens is 2. The van der Waals surface area contributed by atoms with Gasteiger partial charge in [-0.3, -0.25) is 4.79 Å². The van der Waals surface area contributed by atoms with Gasteiger partial charge in [0.15, 0.2) is 0 Å². The zero-order valence-electron chi connectivity index (χ0n) is 16.2. The molecule has 0 radical (unpaired) electrons. The molecular formula is C21H33N5O. The molecule has 1 aromatic heterocycles. The summed E-state index contributed by atoms with van der Waals surface area (Å²) in [6.45, 7) is 2.45. The minimum Gasteiger partial charge on any atom is -0.356 e. The molecule has 0 bridgehead atoms. The van der Waals surface area contributed by atoms with Crippen LogP contribution in [-0.4, -0.2) is 35.5 Å². The molecule has 0 unspecified atom stereocenters. The van der Waals surface area contributed by atoms with Crippen molar-refractivity contribution in [3.63, 3.8) is 0 Å². The Labute approximate surface area is 161 Å². The van der Waals surface area contributed by atoms with Crippen LogP contribution in [0, 0.1) is 5.92 Å². The quantitative estimate of drug-likeness (QED) is 0.478. The highest BCUT2D eigenvalue weighted by atomic mass is 16.1. The van der Waals surface area contributed by atoms with Crippen LogP contribution in [0.4, 0.5) is 5.95 Å². The molecule has 27 heavy (non-hydrogen) atoms. The van der Waals surface area contributed by atoms with Gasteiger partial charge < -0.3 is 21.4 Å². The first-order chi connectivity index (χ1) is 13.3. The van der Waals surface area contributed by atoms with Gasteiger partial charge in [-0.25, -0.2) is 4.98 Å². The normalized spacial score (nSPS) is 15.1. The third-order valence-electron chi connectivity index (χ3n) is 5.44. The van der Waals surface area contributed by atoms with Gasteiger partial charge in [0.25, 0.3) is 5.91 Å². The van der Waals surface area contributed by atoms with Crippen LogP contribution < -0.4 is 16.4 Å². The summed E-state index contributed by atoms with van der Waals surface area (Å²) in [4.78, 5) is 20.3. The first-order valence-corrected chi connectivity index (χ1v) is 10.5. The molecule has 1 fully saturated rings. The zero-order chi connectivity index (χ0) is 18.9. The van der Waals surface area contributed by atoms with Crippen molar-refractivity contribution in [2.45, 2.75) is 57.8 Å².